The summed E-state index contributed by atoms with van der Waals surface area (Å²) in [6, 6.07) is 8.96. The van der Waals surface area contributed by atoms with Gasteiger partial charge in [0.05, 0.1) is 6.61 Å². The second-order valence-electron chi connectivity index (χ2n) is 3.77. The molecule has 1 aromatic carbocycles. The van der Waals surface area contributed by atoms with Gasteiger partial charge in [0.25, 0.3) is 0 Å². The van der Waals surface area contributed by atoms with Gasteiger partial charge in [-0.3, -0.25) is 4.79 Å². The monoisotopic (exact) mass is 276 g/mol. The molecule has 0 saturated heterocycles. The molecule has 1 aromatic rings. The molecular formula is C13H12F4O2. The van der Waals surface area contributed by atoms with Crippen LogP contribution in [0.2, 0.25) is 0 Å². The second kappa shape index (κ2) is 6.47. The number of benzene rings is 1. The van der Waals surface area contributed by atoms with Crippen molar-refractivity contribution in [2.24, 2.45) is 0 Å². The number of halogens is 4. The SMILES string of the molecule is O=CC(F)(F)C(F)(F)COCC=Cc1ccccc1. The van der Waals surface area contributed by atoms with Crippen molar-refractivity contribution in [3.8, 4) is 0 Å². The van der Waals surface area contributed by atoms with Gasteiger partial charge in [-0.1, -0.05) is 42.5 Å². The highest BCUT2D eigenvalue weighted by atomic mass is 19.3. The number of rotatable bonds is 7. The Bertz CT molecular complexity index is 430. The second-order valence-corrected chi connectivity index (χ2v) is 3.77. The molecule has 6 heteroatoms. The standard InChI is InChI=1S/C13H12F4O2/c14-12(15,9-18)13(16,17)10-19-8-4-7-11-5-2-1-3-6-11/h1-7,9H,8,10H2. The molecule has 0 fully saturated rings. The van der Waals surface area contributed by atoms with E-state index in [0.717, 1.165) is 5.56 Å². The summed E-state index contributed by atoms with van der Waals surface area (Å²) in [7, 11) is 0. The lowest BCUT2D eigenvalue weighted by Gasteiger charge is -2.21. The maximum atomic E-state index is 12.8. The van der Waals surface area contributed by atoms with E-state index in [1.807, 2.05) is 6.07 Å². The normalized spacial score (nSPS) is 12.8. The molecule has 0 aliphatic carbocycles. The molecule has 0 saturated carbocycles. The number of ether oxygens (including phenoxy) is 1. The molecule has 0 amide bonds. The van der Waals surface area contributed by atoms with Gasteiger partial charge in [0.15, 0.2) is 6.29 Å². The van der Waals surface area contributed by atoms with Crippen LogP contribution < -0.4 is 0 Å². The number of carbonyl (C=O) groups excluding carboxylic acids is 1. The lowest BCUT2D eigenvalue weighted by atomic mass is 10.2. The summed E-state index contributed by atoms with van der Waals surface area (Å²) in [5, 5.41) is 0. The highest BCUT2D eigenvalue weighted by Crippen LogP contribution is 2.32. The van der Waals surface area contributed by atoms with E-state index in [-0.39, 0.29) is 6.61 Å². The third-order valence-corrected chi connectivity index (χ3v) is 2.24. The highest BCUT2D eigenvalue weighted by Gasteiger charge is 2.56. The van der Waals surface area contributed by atoms with Crippen molar-refractivity contribution >= 4 is 12.4 Å². The van der Waals surface area contributed by atoms with Crippen molar-refractivity contribution in [1.29, 1.82) is 0 Å². The predicted molar refractivity (Wildman–Crippen MR) is 62.3 cm³/mol. The van der Waals surface area contributed by atoms with Crippen LogP contribution in [0.3, 0.4) is 0 Å². The molecule has 0 atom stereocenters. The summed E-state index contributed by atoms with van der Waals surface area (Å²) in [5.74, 6) is -9.22. The van der Waals surface area contributed by atoms with Crippen LogP contribution in [0.15, 0.2) is 36.4 Å². The number of alkyl halides is 4. The zero-order chi connectivity index (χ0) is 14.4. The van der Waals surface area contributed by atoms with Gasteiger partial charge in [0, 0.05) is 0 Å². The minimum absolute atomic E-state index is 0.251. The van der Waals surface area contributed by atoms with Crippen LogP contribution in [0.4, 0.5) is 17.6 Å². The molecule has 0 unspecified atom stereocenters. The van der Waals surface area contributed by atoms with Crippen LogP contribution in [0.25, 0.3) is 6.08 Å². The van der Waals surface area contributed by atoms with Gasteiger partial charge in [-0.25, -0.2) is 0 Å². The van der Waals surface area contributed by atoms with Gasteiger partial charge in [0.2, 0.25) is 0 Å². The fourth-order valence-electron chi connectivity index (χ4n) is 1.19. The Morgan fingerprint density at radius 3 is 2.32 bits per heavy atom. The molecule has 0 aliphatic rings. The van der Waals surface area contributed by atoms with Gasteiger partial charge in [-0.05, 0) is 5.56 Å². The van der Waals surface area contributed by atoms with Crippen molar-refractivity contribution < 1.29 is 27.1 Å². The van der Waals surface area contributed by atoms with E-state index in [1.54, 1.807) is 30.3 Å². The van der Waals surface area contributed by atoms with Gasteiger partial charge in [0.1, 0.15) is 6.61 Å². The third kappa shape index (κ3) is 4.48. The molecule has 19 heavy (non-hydrogen) atoms. The van der Waals surface area contributed by atoms with Gasteiger partial charge in [-0.2, -0.15) is 17.6 Å². The first-order valence-electron chi connectivity index (χ1n) is 5.40. The summed E-state index contributed by atoms with van der Waals surface area (Å²) in [6.45, 7) is -1.77. The summed E-state index contributed by atoms with van der Waals surface area (Å²) in [4.78, 5) is 9.85. The van der Waals surface area contributed by atoms with Crippen LogP contribution in [0, 0.1) is 0 Å². The molecule has 2 nitrogen and oxygen atoms in total. The molecule has 0 N–H and O–H groups in total. The van der Waals surface area contributed by atoms with Crippen LogP contribution in [-0.2, 0) is 9.53 Å². The van der Waals surface area contributed by atoms with Crippen molar-refractivity contribution in [1.82, 2.24) is 0 Å². The molecule has 0 spiro atoms. The fourth-order valence-corrected chi connectivity index (χ4v) is 1.19. The molecule has 104 valence electrons. The van der Waals surface area contributed by atoms with Crippen molar-refractivity contribution in [3.05, 3.63) is 42.0 Å². The number of hydrogen-bond donors (Lipinski definition) is 0. The maximum absolute atomic E-state index is 12.8. The lowest BCUT2D eigenvalue weighted by Crippen LogP contribution is -2.45. The minimum Gasteiger partial charge on any atom is -0.371 e. The highest BCUT2D eigenvalue weighted by molar-refractivity contribution is 5.61. The zero-order valence-corrected chi connectivity index (χ0v) is 9.86. The number of carbonyl (C=O) groups is 1. The first-order valence-corrected chi connectivity index (χ1v) is 5.40. The molecule has 0 aliphatic heterocycles. The summed E-state index contributed by atoms with van der Waals surface area (Å²) >= 11 is 0. The van der Waals surface area contributed by atoms with Crippen molar-refractivity contribution in [3.63, 3.8) is 0 Å². The van der Waals surface area contributed by atoms with Crippen LogP contribution >= 0.6 is 0 Å². The first-order chi connectivity index (χ1) is 8.89. The average molecular weight is 276 g/mol. The quantitative estimate of drug-likeness (QED) is 0.434. The number of aldehydes is 1. The molecule has 0 bridgehead atoms. The van der Waals surface area contributed by atoms with Gasteiger partial charge >= 0.3 is 11.8 Å². The molecule has 1 rings (SSSR count). The molecule has 0 radical (unpaired) electrons. The summed E-state index contributed by atoms with van der Waals surface area (Å²) < 4.78 is 55.1. The lowest BCUT2D eigenvalue weighted by molar-refractivity contribution is -0.216. The largest absolute Gasteiger partial charge is 0.371 e. The summed E-state index contributed by atoms with van der Waals surface area (Å²) in [6.07, 6.45) is 1.96. The average Bonchev–Trinajstić information content (AvgIpc) is 2.39. The van der Waals surface area contributed by atoms with Crippen LogP contribution in [-0.4, -0.2) is 31.3 Å². The smallest absolute Gasteiger partial charge is 0.366 e. The minimum atomic E-state index is -4.71. The zero-order valence-electron chi connectivity index (χ0n) is 9.86. The topological polar surface area (TPSA) is 26.3 Å². The predicted octanol–water partition coefficient (Wildman–Crippen LogP) is 3.19. The Morgan fingerprint density at radius 2 is 1.74 bits per heavy atom. The Balaban J connectivity index is 2.39. The Labute approximate surface area is 107 Å². The Hall–Kier alpha value is -1.69. The fraction of sp³-hybridized carbons (Fsp3) is 0.308. The van der Waals surface area contributed by atoms with E-state index in [9.17, 15) is 22.4 Å². The third-order valence-electron chi connectivity index (χ3n) is 2.24. The van der Waals surface area contributed by atoms with Gasteiger partial charge < -0.3 is 4.74 Å². The molecule has 0 aromatic heterocycles. The molecular weight excluding hydrogens is 264 g/mol. The molecule has 0 heterocycles. The van der Waals surface area contributed by atoms with Crippen molar-refractivity contribution in [2.45, 2.75) is 11.8 Å². The summed E-state index contributed by atoms with van der Waals surface area (Å²) in [5.41, 5.74) is 0.830. The van der Waals surface area contributed by atoms with E-state index in [0.29, 0.717) is 0 Å². The van der Waals surface area contributed by atoms with E-state index in [4.69, 9.17) is 0 Å². The first kappa shape index (κ1) is 15.4. The van der Waals surface area contributed by atoms with E-state index in [1.165, 1.54) is 6.08 Å². The van der Waals surface area contributed by atoms with E-state index < -0.39 is 24.7 Å². The number of hydrogen-bond acceptors (Lipinski definition) is 2. The van der Waals surface area contributed by atoms with E-state index >= 15 is 0 Å². The van der Waals surface area contributed by atoms with E-state index in [2.05, 4.69) is 4.74 Å². The van der Waals surface area contributed by atoms with Crippen LogP contribution in [0.1, 0.15) is 5.56 Å². The Morgan fingerprint density at radius 1 is 1.11 bits per heavy atom. The van der Waals surface area contributed by atoms with Crippen LogP contribution in [0.5, 0.6) is 0 Å². The van der Waals surface area contributed by atoms with Crippen molar-refractivity contribution in [2.75, 3.05) is 13.2 Å². The Kier molecular flexibility index (Phi) is 5.23. The maximum Gasteiger partial charge on any atom is 0.366 e. The van der Waals surface area contributed by atoms with Gasteiger partial charge in [-0.15, -0.1) is 0 Å².